The average molecular weight is 362 g/mol. The van der Waals surface area contributed by atoms with Gasteiger partial charge in [-0.3, -0.25) is 19.3 Å². The van der Waals surface area contributed by atoms with Crippen LogP contribution in [0.4, 0.5) is 0 Å². The molecule has 2 aromatic carbocycles. The highest BCUT2D eigenvalue weighted by Crippen LogP contribution is 2.22. The van der Waals surface area contributed by atoms with E-state index in [9.17, 15) is 14.4 Å². The van der Waals surface area contributed by atoms with Crippen LogP contribution in [0.15, 0.2) is 59.0 Å². The normalized spacial score (nSPS) is 13.3. The number of nitrogens with one attached hydrogen (secondary N) is 1. The Labute approximate surface area is 155 Å². The number of para-hydroxylation sites is 1. The monoisotopic (exact) mass is 362 g/mol. The zero-order chi connectivity index (χ0) is 18.8. The Balaban J connectivity index is 1.26. The van der Waals surface area contributed by atoms with Crippen molar-refractivity contribution < 1.29 is 18.8 Å². The smallest absolute Gasteiger partial charge is 0.261 e. The number of benzene rings is 2. The predicted molar refractivity (Wildman–Crippen MR) is 99.1 cm³/mol. The van der Waals surface area contributed by atoms with Gasteiger partial charge in [-0.1, -0.05) is 30.3 Å². The maximum absolute atomic E-state index is 12.3. The minimum Gasteiger partial charge on any atom is -0.459 e. The minimum atomic E-state index is -0.293. The number of imide groups is 1. The fraction of sp³-hybridized carbons (Fsp3) is 0.190. The van der Waals surface area contributed by atoms with Gasteiger partial charge in [0.15, 0.2) is 0 Å². The molecule has 0 atom stereocenters. The molecule has 1 aliphatic rings. The SMILES string of the molecule is O=C(CCCN1C(=O)c2ccccc2C1=O)NCc1cc2ccccc2o1. The lowest BCUT2D eigenvalue weighted by atomic mass is 10.1. The summed E-state index contributed by atoms with van der Waals surface area (Å²) in [6, 6.07) is 16.3. The van der Waals surface area contributed by atoms with Crippen LogP contribution in [0.2, 0.25) is 0 Å². The summed E-state index contributed by atoms with van der Waals surface area (Å²) in [7, 11) is 0. The molecule has 6 nitrogen and oxygen atoms in total. The molecule has 136 valence electrons. The van der Waals surface area contributed by atoms with Crippen molar-refractivity contribution in [2.75, 3.05) is 6.54 Å². The van der Waals surface area contributed by atoms with Crippen LogP contribution >= 0.6 is 0 Å². The predicted octanol–water partition coefficient (Wildman–Crippen LogP) is 3.13. The van der Waals surface area contributed by atoms with Gasteiger partial charge >= 0.3 is 0 Å². The summed E-state index contributed by atoms with van der Waals surface area (Å²) in [6.45, 7) is 0.533. The zero-order valence-corrected chi connectivity index (χ0v) is 14.6. The summed E-state index contributed by atoms with van der Waals surface area (Å²) in [5, 5.41) is 3.80. The van der Waals surface area contributed by atoms with E-state index < -0.39 is 0 Å². The van der Waals surface area contributed by atoms with Crippen LogP contribution < -0.4 is 5.32 Å². The van der Waals surface area contributed by atoms with E-state index in [0.29, 0.717) is 29.9 Å². The molecule has 0 spiro atoms. The van der Waals surface area contributed by atoms with Crippen LogP contribution in [-0.4, -0.2) is 29.2 Å². The molecular formula is C21H18N2O4. The molecule has 0 saturated carbocycles. The molecule has 0 radical (unpaired) electrons. The van der Waals surface area contributed by atoms with Gasteiger partial charge in [-0.05, 0) is 30.7 Å². The Morgan fingerprint density at radius 3 is 2.33 bits per heavy atom. The number of carbonyl (C=O) groups is 3. The molecule has 27 heavy (non-hydrogen) atoms. The van der Waals surface area contributed by atoms with Crippen LogP contribution in [0.25, 0.3) is 11.0 Å². The lowest BCUT2D eigenvalue weighted by molar-refractivity contribution is -0.121. The number of fused-ring (bicyclic) bond motifs is 2. The van der Waals surface area contributed by atoms with Crippen LogP contribution in [0.1, 0.15) is 39.3 Å². The number of rotatable bonds is 6. The standard InChI is InChI=1S/C21H18N2O4/c24-19(22-13-15-12-14-6-1-4-9-18(14)27-15)10-5-11-23-20(25)16-7-2-3-8-17(16)21(23)26/h1-4,6-9,12H,5,10-11,13H2,(H,22,24). The van der Waals surface area contributed by atoms with E-state index in [-0.39, 0.29) is 30.7 Å². The lowest BCUT2D eigenvalue weighted by Gasteiger charge is -2.13. The van der Waals surface area contributed by atoms with E-state index in [0.717, 1.165) is 11.0 Å². The Morgan fingerprint density at radius 2 is 1.63 bits per heavy atom. The second-order valence-electron chi connectivity index (χ2n) is 6.44. The first-order valence-corrected chi connectivity index (χ1v) is 8.83. The highest BCUT2D eigenvalue weighted by atomic mass is 16.3. The minimum absolute atomic E-state index is 0.146. The summed E-state index contributed by atoms with van der Waals surface area (Å²) < 4.78 is 5.66. The molecule has 1 aliphatic heterocycles. The van der Waals surface area contributed by atoms with Crippen molar-refractivity contribution in [2.45, 2.75) is 19.4 Å². The Hall–Kier alpha value is -3.41. The number of carbonyl (C=O) groups excluding carboxylic acids is 3. The number of amides is 3. The number of nitrogens with zero attached hydrogens (tertiary/aromatic N) is 1. The van der Waals surface area contributed by atoms with E-state index in [1.54, 1.807) is 24.3 Å². The van der Waals surface area contributed by atoms with Gasteiger partial charge < -0.3 is 9.73 Å². The van der Waals surface area contributed by atoms with Crippen molar-refractivity contribution in [3.8, 4) is 0 Å². The summed E-state index contributed by atoms with van der Waals surface area (Å²) in [5.74, 6) is -0.0477. The van der Waals surface area contributed by atoms with Gasteiger partial charge in [0.1, 0.15) is 11.3 Å². The van der Waals surface area contributed by atoms with Crippen molar-refractivity contribution in [3.63, 3.8) is 0 Å². The van der Waals surface area contributed by atoms with E-state index in [4.69, 9.17) is 4.42 Å². The number of furan rings is 1. The molecule has 0 saturated heterocycles. The van der Waals surface area contributed by atoms with E-state index in [2.05, 4.69) is 5.32 Å². The first-order valence-electron chi connectivity index (χ1n) is 8.83. The first kappa shape index (κ1) is 17.0. The fourth-order valence-corrected chi connectivity index (χ4v) is 3.24. The lowest BCUT2D eigenvalue weighted by Crippen LogP contribution is -2.32. The first-order chi connectivity index (χ1) is 13.1. The van der Waals surface area contributed by atoms with Crippen LogP contribution in [0, 0.1) is 0 Å². The summed E-state index contributed by atoms with van der Waals surface area (Å²) in [4.78, 5) is 37.8. The number of hydrogen-bond acceptors (Lipinski definition) is 4. The second-order valence-corrected chi connectivity index (χ2v) is 6.44. The van der Waals surface area contributed by atoms with Crippen LogP contribution in [0.5, 0.6) is 0 Å². The Morgan fingerprint density at radius 1 is 0.963 bits per heavy atom. The second kappa shape index (κ2) is 7.07. The third-order valence-corrected chi connectivity index (χ3v) is 4.60. The molecule has 6 heteroatoms. The van der Waals surface area contributed by atoms with Crippen molar-refractivity contribution >= 4 is 28.7 Å². The summed E-state index contributed by atoms with van der Waals surface area (Å²) >= 11 is 0. The molecule has 4 rings (SSSR count). The van der Waals surface area contributed by atoms with E-state index >= 15 is 0 Å². The molecule has 1 N–H and O–H groups in total. The molecule has 3 amide bonds. The summed E-state index contributed by atoms with van der Waals surface area (Å²) in [6.07, 6.45) is 0.644. The molecule has 3 aromatic rings. The topological polar surface area (TPSA) is 79.6 Å². The van der Waals surface area contributed by atoms with Crippen molar-refractivity contribution in [2.24, 2.45) is 0 Å². The van der Waals surface area contributed by atoms with Crippen LogP contribution in [0.3, 0.4) is 0 Å². The molecular weight excluding hydrogens is 344 g/mol. The average Bonchev–Trinajstić information content (AvgIpc) is 3.21. The third kappa shape index (κ3) is 3.33. The Kier molecular flexibility index (Phi) is 4.46. The molecule has 0 bridgehead atoms. The molecule has 0 unspecified atom stereocenters. The quantitative estimate of drug-likeness (QED) is 0.683. The van der Waals surface area contributed by atoms with Crippen LogP contribution in [-0.2, 0) is 11.3 Å². The largest absolute Gasteiger partial charge is 0.459 e. The maximum Gasteiger partial charge on any atom is 0.261 e. The van der Waals surface area contributed by atoms with Gasteiger partial charge in [-0.15, -0.1) is 0 Å². The fourth-order valence-electron chi connectivity index (χ4n) is 3.24. The molecule has 1 aromatic heterocycles. The highest BCUT2D eigenvalue weighted by Gasteiger charge is 2.34. The van der Waals surface area contributed by atoms with Gasteiger partial charge in [0.2, 0.25) is 5.91 Å². The zero-order valence-electron chi connectivity index (χ0n) is 14.6. The third-order valence-electron chi connectivity index (χ3n) is 4.60. The highest BCUT2D eigenvalue weighted by molar-refractivity contribution is 6.21. The number of hydrogen-bond donors (Lipinski definition) is 1. The van der Waals surface area contributed by atoms with Gasteiger partial charge in [0, 0.05) is 18.4 Å². The van der Waals surface area contributed by atoms with E-state index in [1.807, 2.05) is 30.3 Å². The van der Waals surface area contributed by atoms with Gasteiger partial charge in [0.25, 0.3) is 11.8 Å². The molecule has 0 aliphatic carbocycles. The van der Waals surface area contributed by atoms with E-state index in [1.165, 1.54) is 4.90 Å². The summed E-state index contributed by atoms with van der Waals surface area (Å²) in [5.41, 5.74) is 1.64. The molecule has 2 heterocycles. The van der Waals surface area contributed by atoms with Crippen molar-refractivity contribution in [1.29, 1.82) is 0 Å². The van der Waals surface area contributed by atoms with Gasteiger partial charge in [-0.25, -0.2) is 0 Å². The van der Waals surface area contributed by atoms with Gasteiger partial charge in [0.05, 0.1) is 17.7 Å². The van der Waals surface area contributed by atoms with Crippen molar-refractivity contribution in [3.05, 3.63) is 71.5 Å². The Bertz CT molecular complexity index is 969. The maximum atomic E-state index is 12.3. The molecule has 0 fully saturated rings. The van der Waals surface area contributed by atoms with Crippen molar-refractivity contribution in [1.82, 2.24) is 10.2 Å². The van der Waals surface area contributed by atoms with Gasteiger partial charge in [-0.2, -0.15) is 0 Å².